The fourth-order valence-electron chi connectivity index (χ4n) is 5.09. The predicted octanol–water partition coefficient (Wildman–Crippen LogP) is 9.21. The fourth-order valence-corrected chi connectivity index (χ4v) is 5.09. The molecule has 3 atom stereocenters. The van der Waals surface area contributed by atoms with E-state index in [1.54, 1.807) is 6.20 Å². The number of hydrogen-bond donors (Lipinski definition) is 2. The van der Waals surface area contributed by atoms with Gasteiger partial charge >= 0.3 is 0 Å². The van der Waals surface area contributed by atoms with Crippen LogP contribution >= 0.6 is 0 Å². The van der Waals surface area contributed by atoms with Crippen LogP contribution in [0.5, 0.6) is 0 Å². The highest BCUT2D eigenvalue weighted by Crippen LogP contribution is 2.37. The summed E-state index contributed by atoms with van der Waals surface area (Å²) in [4.78, 5) is 0. The maximum Gasteiger partial charge on any atom is 0.0459 e. The minimum Gasteiger partial charge on any atom is -0.387 e. The molecule has 1 aliphatic carbocycles. The first-order valence-electron chi connectivity index (χ1n) is 13.6. The summed E-state index contributed by atoms with van der Waals surface area (Å²) >= 11 is 0. The van der Waals surface area contributed by atoms with Crippen LogP contribution in [-0.4, -0.2) is 12.6 Å². The molecule has 0 fully saturated rings. The van der Waals surface area contributed by atoms with Crippen molar-refractivity contribution in [2.45, 2.75) is 53.0 Å². The first kappa shape index (κ1) is 28.1. The van der Waals surface area contributed by atoms with Crippen LogP contribution in [0.1, 0.15) is 62.3 Å². The summed E-state index contributed by atoms with van der Waals surface area (Å²) < 4.78 is 0. The van der Waals surface area contributed by atoms with Gasteiger partial charge in [-0.1, -0.05) is 113 Å². The van der Waals surface area contributed by atoms with Crippen molar-refractivity contribution in [3.63, 3.8) is 0 Å². The molecule has 0 aromatic heterocycles. The lowest BCUT2D eigenvalue weighted by Gasteiger charge is -2.35. The molecular formula is C35H44N2. The number of benzene rings is 2. The van der Waals surface area contributed by atoms with E-state index in [4.69, 9.17) is 0 Å². The molecule has 2 N–H and O–H groups in total. The lowest BCUT2D eigenvalue weighted by Crippen LogP contribution is -2.41. The highest BCUT2D eigenvalue weighted by molar-refractivity contribution is 5.79. The molecule has 2 aromatic rings. The zero-order valence-electron chi connectivity index (χ0n) is 23.1. The van der Waals surface area contributed by atoms with Crippen LogP contribution in [0.25, 0.3) is 17.2 Å². The van der Waals surface area contributed by atoms with Gasteiger partial charge in [0.05, 0.1) is 0 Å². The second-order valence-electron chi connectivity index (χ2n) is 9.95. The lowest BCUT2D eigenvalue weighted by atomic mass is 9.78. The molecule has 2 nitrogen and oxygen atoms in total. The SMILES string of the molecule is C=CNC1CNc2cccc(C)c2C(=C)C(C)C1C.CC/C=C1/C/C=C\C=C/C/C=C\c2ccccc21. The molecule has 37 heavy (non-hydrogen) atoms. The number of aryl methyl sites for hydroxylation is 1. The zero-order chi connectivity index (χ0) is 26.6. The molecule has 2 aromatic carbocycles. The molecule has 4 rings (SSSR count). The molecule has 2 heteroatoms. The highest BCUT2D eigenvalue weighted by atomic mass is 15.0. The minimum atomic E-state index is 0.373. The van der Waals surface area contributed by atoms with E-state index >= 15 is 0 Å². The Hall–Kier alpha value is -3.52. The third kappa shape index (κ3) is 7.49. The molecule has 3 unspecified atom stereocenters. The van der Waals surface area contributed by atoms with E-state index < -0.39 is 0 Å². The maximum atomic E-state index is 4.35. The summed E-state index contributed by atoms with van der Waals surface area (Å²) in [7, 11) is 0. The fraction of sp³-hybridized carbons (Fsp3) is 0.314. The van der Waals surface area contributed by atoms with E-state index in [-0.39, 0.29) is 0 Å². The van der Waals surface area contributed by atoms with E-state index in [9.17, 15) is 0 Å². The van der Waals surface area contributed by atoms with Crippen LogP contribution in [0.3, 0.4) is 0 Å². The molecule has 0 amide bonds. The molecular weight excluding hydrogens is 448 g/mol. The lowest BCUT2D eigenvalue weighted by molar-refractivity contribution is 0.359. The van der Waals surface area contributed by atoms with Crippen LogP contribution in [0.15, 0.2) is 98.3 Å². The van der Waals surface area contributed by atoms with Crippen LogP contribution < -0.4 is 10.6 Å². The third-order valence-corrected chi connectivity index (χ3v) is 7.46. The predicted molar refractivity (Wildman–Crippen MR) is 165 cm³/mol. The molecule has 194 valence electrons. The number of nitrogens with one attached hydrogen (secondary N) is 2. The molecule has 0 radical (unpaired) electrons. The zero-order valence-corrected chi connectivity index (χ0v) is 23.1. The van der Waals surface area contributed by atoms with Gasteiger partial charge in [0.1, 0.15) is 0 Å². The Kier molecular flexibility index (Phi) is 10.8. The smallest absolute Gasteiger partial charge is 0.0459 e. The summed E-state index contributed by atoms with van der Waals surface area (Å²) in [5.41, 5.74) is 9.11. The van der Waals surface area contributed by atoms with Gasteiger partial charge in [0.15, 0.2) is 0 Å². The number of fused-ring (bicyclic) bond motifs is 2. The van der Waals surface area contributed by atoms with Crippen molar-refractivity contribution in [2.24, 2.45) is 11.8 Å². The Labute approximate surface area is 225 Å². The second kappa shape index (κ2) is 14.3. The van der Waals surface area contributed by atoms with Gasteiger partial charge in [-0.2, -0.15) is 0 Å². The average Bonchev–Trinajstić information content (AvgIpc) is 2.95. The monoisotopic (exact) mass is 492 g/mol. The van der Waals surface area contributed by atoms with Crippen molar-refractivity contribution in [1.29, 1.82) is 0 Å². The summed E-state index contributed by atoms with van der Waals surface area (Å²) in [5.74, 6) is 0.949. The number of hydrogen-bond acceptors (Lipinski definition) is 2. The molecule has 1 heterocycles. The Bertz CT molecular complexity index is 1180. The highest BCUT2D eigenvalue weighted by Gasteiger charge is 2.28. The topological polar surface area (TPSA) is 24.1 Å². The molecule has 0 saturated heterocycles. The number of allylic oxidation sites excluding steroid dienone is 8. The Morgan fingerprint density at radius 1 is 1.03 bits per heavy atom. The summed E-state index contributed by atoms with van der Waals surface area (Å²) in [5, 5.41) is 6.91. The number of anilines is 1. The van der Waals surface area contributed by atoms with Gasteiger partial charge in [-0.15, -0.1) is 0 Å². The van der Waals surface area contributed by atoms with Gasteiger partial charge in [-0.3, -0.25) is 0 Å². The summed E-state index contributed by atoms with van der Waals surface area (Å²) in [6, 6.07) is 15.4. The summed E-state index contributed by atoms with van der Waals surface area (Å²) in [6.45, 7) is 17.9. The standard InChI is InChI=1S/C18H20.C17H24N2/c1-2-11-16-12-7-5-3-4-6-8-13-17-14-9-10-15-18(16)17;1-6-18-16-10-19-15-9-7-8-11(2)17(15)14(5)12(3)13(16)4/h3-5,7-11,13-15H,2,6,12H2,1H3;6-9,12-13,16,18-19H,1,5,10H2,2-4H3/b4-3-,7-5-,13-8-,16-11-;. The van der Waals surface area contributed by atoms with Crippen molar-refractivity contribution in [2.75, 3.05) is 11.9 Å². The van der Waals surface area contributed by atoms with E-state index in [1.165, 1.54) is 39.1 Å². The Morgan fingerprint density at radius 3 is 2.59 bits per heavy atom. The Balaban J connectivity index is 0.000000206. The van der Waals surface area contributed by atoms with Gasteiger partial charge < -0.3 is 10.6 Å². The molecule has 0 spiro atoms. The van der Waals surface area contributed by atoms with Gasteiger partial charge in [0.2, 0.25) is 0 Å². The van der Waals surface area contributed by atoms with Crippen LogP contribution in [0, 0.1) is 18.8 Å². The van der Waals surface area contributed by atoms with Crippen LogP contribution in [0.4, 0.5) is 5.69 Å². The van der Waals surface area contributed by atoms with Crippen LogP contribution in [-0.2, 0) is 0 Å². The van der Waals surface area contributed by atoms with E-state index in [1.807, 2.05) is 0 Å². The normalized spacial score (nSPS) is 24.8. The van der Waals surface area contributed by atoms with E-state index in [2.05, 4.69) is 136 Å². The second-order valence-corrected chi connectivity index (χ2v) is 9.95. The largest absolute Gasteiger partial charge is 0.387 e. The van der Waals surface area contributed by atoms with Gasteiger partial charge in [0, 0.05) is 23.8 Å². The van der Waals surface area contributed by atoms with Crippen molar-refractivity contribution in [1.82, 2.24) is 5.32 Å². The average molecular weight is 493 g/mol. The quantitative estimate of drug-likeness (QED) is 0.446. The van der Waals surface area contributed by atoms with Crippen molar-refractivity contribution >= 4 is 22.9 Å². The van der Waals surface area contributed by atoms with Gasteiger partial charge in [-0.05, 0) is 78.1 Å². The van der Waals surface area contributed by atoms with Crippen molar-refractivity contribution in [3.05, 3.63) is 121 Å². The van der Waals surface area contributed by atoms with E-state index in [0.29, 0.717) is 17.9 Å². The maximum absolute atomic E-state index is 4.35. The van der Waals surface area contributed by atoms with Crippen molar-refractivity contribution in [3.8, 4) is 0 Å². The first-order chi connectivity index (χ1) is 18.0. The molecule has 0 bridgehead atoms. The molecule has 2 aliphatic rings. The van der Waals surface area contributed by atoms with Crippen LogP contribution in [0.2, 0.25) is 0 Å². The van der Waals surface area contributed by atoms with Gasteiger partial charge in [-0.25, -0.2) is 0 Å². The van der Waals surface area contributed by atoms with Gasteiger partial charge in [0.25, 0.3) is 0 Å². The summed E-state index contributed by atoms with van der Waals surface area (Å²) in [6.07, 6.45) is 20.3. The third-order valence-electron chi connectivity index (χ3n) is 7.46. The van der Waals surface area contributed by atoms with E-state index in [0.717, 1.165) is 25.8 Å². The number of rotatable bonds is 3. The first-order valence-corrected chi connectivity index (χ1v) is 13.6. The minimum absolute atomic E-state index is 0.373. The molecule has 1 aliphatic heterocycles. The molecule has 0 saturated carbocycles. The van der Waals surface area contributed by atoms with Crippen molar-refractivity contribution < 1.29 is 0 Å². The Morgan fingerprint density at radius 2 is 1.81 bits per heavy atom.